The lowest BCUT2D eigenvalue weighted by molar-refractivity contribution is 0.0858. The Morgan fingerprint density at radius 2 is 2.36 bits per heavy atom. The number of carbonyl (C=O) groups is 1. The van der Waals surface area contributed by atoms with Crippen molar-refractivity contribution in [2.75, 3.05) is 26.9 Å². The number of nitrogens with one attached hydrogen (secondary N) is 2. The Labute approximate surface area is 149 Å². The largest absolute Gasteiger partial charge is 0.383 e. The number of aromatic nitrogens is 2. The van der Waals surface area contributed by atoms with Crippen molar-refractivity contribution in [2.45, 2.75) is 25.5 Å². The zero-order valence-electron chi connectivity index (χ0n) is 14.0. The molecule has 0 spiro atoms. The summed E-state index contributed by atoms with van der Waals surface area (Å²) in [5.74, 6) is -0.194. The maximum atomic E-state index is 12.5. The maximum absolute atomic E-state index is 12.5. The predicted octanol–water partition coefficient (Wildman–Crippen LogP) is 1.61. The number of methoxy groups -OCH3 is 1. The topological polar surface area (TPSA) is 85.3 Å². The van der Waals surface area contributed by atoms with Crippen molar-refractivity contribution in [3.8, 4) is 0 Å². The number of amides is 1. The first kappa shape index (κ1) is 17.8. The summed E-state index contributed by atoms with van der Waals surface area (Å²) in [5, 5.41) is 3.36. The van der Waals surface area contributed by atoms with Gasteiger partial charge >= 0.3 is 0 Å². The van der Waals surface area contributed by atoms with Gasteiger partial charge in [0, 0.05) is 25.8 Å². The second-order valence-electron chi connectivity index (χ2n) is 5.99. The Kier molecular flexibility index (Phi) is 5.62. The lowest BCUT2D eigenvalue weighted by Crippen LogP contribution is -2.31. The third kappa shape index (κ3) is 3.97. The van der Waals surface area contributed by atoms with Crippen molar-refractivity contribution >= 4 is 29.0 Å². The molecule has 0 bridgehead atoms. The zero-order chi connectivity index (χ0) is 17.8. The smallest absolute Gasteiger partial charge is 0.262 e. The lowest BCUT2D eigenvalue weighted by atomic mass is 10.1. The highest BCUT2D eigenvalue weighted by Crippen LogP contribution is 2.13. The SMILES string of the molecule is COCCn1c(=S)[nH]c2cc(C(=O)NC[C@H]3CCCO3)ccc2c1=O. The number of hydrogen-bond acceptors (Lipinski definition) is 5. The van der Waals surface area contributed by atoms with Crippen LogP contribution in [0.5, 0.6) is 0 Å². The minimum atomic E-state index is -0.194. The molecule has 0 saturated carbocycles. The fourth-order valence-corrected chi connectivity index (χ4v) is 3.18. The number of aromatic amines is 1. The van der Waals surface area contributed by atoms with E-state index in [1.54, 1.807) is 25.3 Å². The molecule has 2 heterocycles. The van der Waals surface area contributed by atoms with Gasteiger partial charge in [-0.05, 0) is 43.3 Å². The van der Waals surface area contributed by atoms with E-state index in [9.17, 15) is 9.59 Å². The molecular formula is C17H21N3O4S. The highest BCUT2D eigenvalue weighted by Gasteiger charge is 2.17. The van der Waals surface area contributed by atoms with E-state index in [1.807, 2.05) is 0 Å². The molecule has 2 aromatic rings. The van der Waals surface area contributed by atoms with E-state index in [1.165, 1.54) is 4.57 Å². The molecule has 0 aliphatic carbocycles. The number of rotatable bonds is 6. The van der Waals surface area contributed by atoms with Crippen LogP contribution in [0.2, 0.25) is 0 Å². The van der Waals surface area contributed by atoms with Gasteiger partial charge in [0.2, 0.25) is 0 Å². The lowest BCUT2D eigenvalue weighted by Gasteiger charge is -2.11. The second-order valence-corrected chi connectivity index (χ2v) is 6.37. The third-order valence-electron chi connectivity index (χ3n) is 4.28. The average Bonchev–Trinajstić information content (AvgIpc) is 3.12. The van der Waals surface area contributed by atoms with Gasteiger partial charge in [0.05, 0.1) is 30.2 Å². The predicted molar refractivity (Wildman–Crippen MR) is 96.6 cm³/mol. The van der Waals surface area contributed by atoms with Gasteiger partial charge in [0.15, 0.2) is 4.77 Å². The number of hydrogen-bond donors (Lipinski definition) is 2. The summed E-state index contributed by atoms with van der Waals surface area (Å²) >= 11 is 5.25. The van der Waals surface area contributed by atoms with Crippen molar-refractivity contribution in [1.82, 2.24) is 14.9 Å². The molecule has 25 heavy (non-hydrogen) atoms. The number of benzene rings is 1. The first-order valence-electron chi connectivity index (χ1n) is 8.26. The standard InChI is InChI=1S/C17H21N3O4S/c1-23-8-6-20-16(22)13-5-4-11(9-14(13)19-17(20)25)15(21)18-10-12-3-2-7-24-12/h4-5,9,12H,2-3,6-8,10H2,1H3,(H,18,21)(H,19,25)/t12-/m1/s1. The molecule has 1 aromatic heterocycles. The van der Waals surface area contributed by atoms with Gasteiger partial charge in [-0.2, -0.15) is 0 Å². The van der Waals surface area contributed by atoms with Crippen LogP contribution < -0.4 is 10.9 Å². The molecule has 3 rings (SSSR count). The van der Waals surface area contributed by atoms with E-state index in [2.05, 4.69) is 10.3 Å². The Hall–Kier alpha value is -2.03. The van der Waals surface area contributed by atoms with Crippen molar-refractivity contribution in [1.29, 1.82) is 0 Å². The molecule has 134 valence electrons. The van der Waals surface area contributed by atoms with Crippen LogP contribution in [-0.4, -0.2) is 48.4 Å². The monoisotopic (exact) mass is 363 g/mol. The van der Waals surface area contributed by atoms with E-state index in [0.29, 0.717) is 40.9 Å². The van der Waals surface area contributed by atoms with Crippen LogP contribution in [0.3, 0.4) is 0 Å². The highest BCUT2D eigenvalue weighted by atomic mass is 32.1. The van der Waals surface area contributed by atoms with Gasteiger partial charge in [0.25, 0.3) is 11.5 Å². The Morgan fingerprint density at radius 1 is 1.52 bits per heavy atom. The first-order chi connectivity index (χ1) is 12.1. The maximum Gasteiger partial charge on any atom is 0.262 e. The molecule has 8 heteroatoms. The van der Waals surface area contributed by atoms with Gasteiger partial charge in [0.1, 0.15) is 0 Å². The van der Waals surface area contributed by atoms with Crippen molar-refractivity contribution in [3.63, 3.8) is 0 Å². The van der Waals surface area contributed by atoms with Crippen LogP contribution >= 0.6 is 12.2 Å². The number of H-pyrrole nitrogens is 1. The van der Waals surface area contributed by atoms with Crippen LogP contribution in [0.15, 0.2) is 23.0 Å². The van der Waals surface area contributed by atoms with Crippen LogP contribution in [0, 0.1) is 4.77 Å². The Balaban J connectivity index is 1.83. The number of fused-ring (bicyclic) bond motifs is 1. The first-order valence-corrected chi connectivity index (χ1v) is 8.66. The molecule has 1 aliphatic heterocycles. The molecule has 0 radical (unpaired) electrons. The van der Waals surface area contributed by atoms with Crippen molar-refractivity contribution < 1.29 is 14.3 Å². The summed E-state index contributed by atoms with van der Waals surface area (Å²) in [6.07, 6.45) is 2.08. The van der Waals surface area contributed by atoms with Crippen molar-refractivity contribution in [3.05, 3.63) is 38.9 Å². The van der Waals surface area contributed by atoms with E-state index in [4.69, 9.17) is 21.7 Å². The number of nitrogens with zero attached hydrogens (tertiary/aromatic N) is 1. The normalized spacial score (nSPS) is 17.1. The van der Waals surface area contributed by atoms with Crippen molar-refractivity contribution in [2.24, 2.45) is 0 Å². The van der Waals surface area contributed by atoms with E-state index in [0.717, 1.165) is 19.4 Å². The van der Waals surface area contributed by atoms with Crippen LogP contribution in [0.25, 0.3) is 10.9 Å². The van der Waals surface area contributed by atoms with Crippen LogP contribution in [-0.2, 0) is 16.0 Å². The summed E-state index contributed by atoms with van der Waals surface area (Å²) in [6.45, 7) is 2.02. The van der Waals surface area contributed by atoms with Gasteiger partial charge in [-0.25, -0.2) is 0 Å². The number of carbonyl (C=O) groups excluding carboxylic acids is 1. The van der Waals surface area contributed by atoms with Gasteiger partial charge in [-0.1, -0.05) is 0 Å². The van der Waals surface area contributed by atoms with E-state index in [-0.39, 0.29) is 17.6 Å². The summed E-state index contributed by atoms with van der Waals surface area (Å²) in [7, 11) is 1.57. The molecule has 7 nitrogen and oxygen atoms in total. The molecule has 1 amide bonds. The molecule has 1 aliphatic rings. The summed E-state index contributed by atoms with van der Waals surface area (Å²) < 4.78 is 12.3. The van der Waals surface area contributed by atoms with E-state index < -0.39 is 0 Å². The summed E-state index contributed by atoms with van der Waals surface area (Å²) in [6, 6.07) is 4.94. The highest BCUT2D eigenvalue weighted by molar-refractivity contribution is 7.71. The molecule has 1 saturated heterocycles. The second kappa shape index (κ2) is 7.90. The minimum absolute atomic E-state index is 0.0863. The molecular weight excluding hydrogens is 342 g/mol. The van der Waals surface area contributed by atoms with Crippen LogP contribution in [0.4, 0.5) is 0 Å². The molecule has 1 aromatic carbocycles. The molecule has 2 N–H and O–H groups in total. The Bertz CT molecular complexity index is 884. The fourth-order valence-electron chi connectivity index (χ4n) is 2.90. The fraction of sp³-hybridized carbons (Fsp3) is 0.471. The zero-order valence-corrected chi connectivity index (χ0v) is 14.9. The van der Waals surface area contributed by atoms with Crippen LogP contribution in [0.1, 0.15) is 23.2 Å². The molecule has 1 fully saturated rings. The minimum Gasteiger partial charge on any atom is -0.383 e. The van der Waals surface area contributed by atoms with Gasteiger partial charge < -0.3 is 19.8 Å². The van der Waals surface area contributed by atoms with Gasteiger partial charge in [-0.3, -0.25) is 14.2 Å². The molecule has 1 atom stereocenters. The third-order valence-corrected chi connectivity index (χ3v) is 4.60. The van der Waals surface area contributed by atoms with Gasteiger partial charge in [-0.15, -0.1) is 0 Å². The summed E-state index contributed by atoms with van der Waals surface area (Å²) in [4.78, 5) is 27.9. The summed E-state index contributed by atoms with van der Waals surface area (Å²) in [5.41, 5.74) is 0.834. The quantitative estimate of drug-likeness (QED) is 0.762. The average molecular weight is 363 g/mol. The Morgan fingerprint density at radius 3 is 3.08 bits per heavy atom. The van der Waals surface area contributed by atoms with E-state index >= 15 is 0 Å². The molecule has 0 unspecified atom stereocenters. The number of ether oxygens (including phenoxy) is 2.